The molecular weight excluding hydrogens is 246 g/mol. The molecule has 1 rings (SSSR count). The molecule has 0 spiro atoms. The van der Waals surface area contributed by atoms with E-state index in [1.165, 1.54) is 0 Å². The van der Waals surface area contributed by atoms with Crippen molar-refractivity contribution in [2.24, 2.45) is 5.92 Å². The highest BCUT2D eigenvalue weighted by atomic mass is 16.6. The first kappa shape index (κ1) is 15.5. The van der Waals surface area contributed by atoms with Crippen molar-refractivity contribution >= 4 is 12.1 Å². The summed E-state index contributed by atoms with van der Waals surface area (Å²) in [4.78, 5) is 23.0. The van der Waals surface area contributed by atoms with E-state index < -0.39 is 23.6 Å². The number of aliphatic carboxylic acids is 1. The molecule has 2 unspecified atom stereocenters. The van der Waals surface area contributed by atoms with E-state index in [0.29, 0.717) is 12.8 Å². The number of ether oxygens (including phenoxy) is 1. The first-order valence-electron chi connectivity index (χ1n) is 6.67. The standard InChI is InChI=1S/C14H23NO4/c1-14(2,3)19-13(18)15-11-9-7-5-4-6-8-10(11)12(16)17/h4-5,10-11H,6-9H2,1-3H3,(H,15,18)(H,16,17)/b5-4-. The van der Waals surface area contributed by atoms with Gasteiger partial charge in [-0.25, -0.2) is 4.79 Å². The van der Waals surface area contributed by atoms with Gasteiger partial charge in [-0.05, 0) is 46.5 Å². The number of carboxylic acids is 1. The maximum atomic E-state index is 11.7. The Balaban J connectivity index is 2.67. The van der Waals surface area contributed by atoms with Crippen LogP contribution >= 0.6 is 0 Å². The molecular formula is C14H23NO4. The van der Waals surface area contributed by atoms with Gasteiger partial charge in [0.05, 0.1) is 5.92 Å². The third-order valence-corrected chi connectivity index (χ3v) is 2.96. The van der Waals surface area contributed by atoms with Crippen LogP contribution in [-0.4, -0.2) is 28.8 Å². The van der Waals surface area contributed by atoms with Gasteiger partial charge < -0.3 is 15.2 Å². The maximum Gasteiger partial charge on any atom is 0.407 e. The zero-order valence-electron chi connectivity index (χ0n) is 11.8. The fourth-order valence-electron chi connectivity index (χ4n) is 2.12. The van der Waals surface area contributed by atoms with Gasteiger partial charge in [0.2, 0.25) is 0 Å². The SMILES string of the molecule is CC(C)(C)OC(=O)NC1CC/C=C\CCC1C(=O)O. The predicted molar refractivity (Wildman–Crippen MR) is 71.9 cm³/mol. The number of nitrogens with one attached hydrogen (secondary N) is 1. The van der Waals surface area contributed by atoms with Gasteiger partial charge in [0.25, 0.3) is 0 Å². The highest BCUT2D eigenvalue weighted by molar-refractivity contribution is 5.73. The summed E-state index contributed by atoms with van der Waals surface area (Å²) >= 11 is 0. The second kappa shape index (κ2) is 6.59. The number of carbonyl (C=O) groups is 2. The van der Waals surface area contributed by atoms with Crippen molar-refractivity contribution in [3.05, 3.63) is 12.2 Å². The van der Waals surface area contributed by atoms with Gasteiger partial charge in [0.1, 0.15) is 5.60 Å². The topological polar surface area (TPSA) is 75.6 Å². The number of hydrogen-bond acceptors (Lipinski definition) is 3. The number of allylic oxidation sites excluding steroid dienone is 2. The Bertz CT molecular complexity index is 357. The molecule has 0 heterocycles. The van der Waals surface area contributed by atoms with Crippen LogP contribution in [-0.2, 0) is 9.53 Å². The van der Waals surface area contributed by atoms with Crippen molar-refractivity contribution < 1.29 is 19.4 Å². The number of hydrogen-bond donors (Lipinski definition) is 2. The third kappa shape index (κ3) is 5.77. The van der Waals surface area contributed by atoms with Gasteiger partial charge in [-0.2, -0.15) is 0 Å². The van der Waals surface area contributed by atoms with Crippen molar-refractivity contribution in [1.29, 1.82) is 0 Å². The van der Waals surface area contributed by atoms with Gasteiger partial charge in [-0.3, -0.25) is 4.79 Å². The molecule has 0 aromatic rings. The highest BCUT2D eigenvalue weighted by Gasteiger charge is 2.30. The summed E-state index contributed by atoms with van der Waals surface area (Å²) in [6, 6.07) is -0.378. The lowest BCUT2D eigenvalue weighted by molar-refractivity contribution is -0.143. The minimum absolute atomic E-state index is 0.378. The third-order valence-electron chi connectivity index (χ3n) is 2.96. The zero-order chi connectivity index (χ0) is 14.5. The van der Waals surface area contributed by atoms with Gasteiger partial charge >= 0.3 is 12.1 Å². The fraction of sp³-hybridized carbons (Fsp3) is 0.714. The van der Waals surface area contributed by atoms with Crippen molar-refractivity contribution in [3.8, 4) is 0 Å². The lowest BCUT2D eigenvalue weighted by Gasteiger charge is -2.27. The maximum absolute atomic E-state index is 11.7. The number of rotatable bonds is 2. The number of carboxylic acid groups (broad SMARTS) is 1. The first-order chi connectivity index (χ1) is 8.79. The molecule has 0 saturated carbocycles. The van der Waals surface area contributed by atoms with E-state index in [2.05, 4.69) is 5.32 Å². The van der Waals surface area contributed by atoms with Crippen LogP contribution in [0.25, 0.3) is 0 Å². The smallest absolute Gasteiger partial charge is 0.407 e. The number of alkyl carbamates (subject to hydrolysis) is 1. The Morgan fingerprint density at radius 2 is 1.79 bits per heavy atom. The van der Waals surface area contributed by atoms with Crippen LogP contribution in [0.5, 0.6) is 0 Å². The quantitative estimate of drug-likeness (QED) is 0.756. The molecule has 0 fully saturated rings. The number of carbonyl (C=O) groups excluding carboxylic acids is 1. The molecule has 1 aliphatic rings. The Labute approximate surface area is 114 Å². The molecule has 0 aromatic heterocycles. The lowest BCUT2D eigenvalue weighted by atomic mass is 9.89. The minimum Gasteiger partial charge on any atom is -0.481 e. The highest BCUT2D eigenvalue weighted by Crippen LogP contribution is 2.20. The Morgan fingerprint density at radius 3 is 2.32 bits per heavy atom. The molecule has 0 aliphatic heterocycles. The molecule has 0 aromatic carbocycles. The summed E-state index contributed by atoms with van der Waals surface area (Å²) in [5, 5.41) is 12.0. The van der Waals surface area contributed by atoms with Crippen LogP contribution < -0.4 is 5.32 Å². The van der Waals surface area contributed by atoms with Crippen LogP contribution in [0.4, 0.5) is 4.79 Å². The molecule has 108 valence electrons. The average Bonchev–Trinajstić information content (AvgIpc) is 2.18. The molecule has 1 aliphatic carbocycles. The van der Waals surface area contributed by atoms with Gasteiger partial charge in [0.15, 0.2) is 0 Å². The Kier molecular flexibility index (Phi) is 5.39. The van der Waals surface area contributed by atoms with Gasteiger partial charge in [-0.1, -0.05) is 12.2 Å². The molecule has 0 bridgehead atoms. The predicted octanol–water partition coefficient (Wildman–Crippen LogP) is 2.71. The zero-order valence-corrected chi connectivity index (χ0v) is 11.8. The Hall–Kier alpha value is -1.52. The van der Waals surface area contributed by atoms with E-state index in [1.807, 2.05) is 12.2 Å². The normalized spacial score (nSPS) is 25.8. The summed E-state index contributed by atoms with van der Waals surface area (Å²) in [5.74, 6) is -1.42. The van der Waals surface area contributed by atoms with E-state index in [1.54, 1.807) is 20.8 Å². The van der Waals surface area contributed by atoms with E-state index in [-0.39, 0.29) is 6.04 Å². The summed E-state index contributed by atoms with van der Waals surface area (Å²) < 4.78 is 5.18. The number of amides is 1. The van der Waals surface area contributed by atoms with E-state index >= 15 is 0 Å². The molecule has 5 nitrogen and oxygen atoms in total. The molecule has 0 saturated heterocycles. The van der Waals surface area contributed by atoms with E-state index in [4.69, 9.17) is 4.74 Å². The Morgan fingerprint density at radius 1 is 1.21 bits per heavy atom. The molecule has 0 radical (unpaired) electrons. The summed E-state index contributed by atoms with van der Waals surface area (Å²) in [7, 11) is 0. The molecule has 2 N–H and O–H groups in total. The fourth-order valence-corrected chi connectivity index (χ4v) is 2.12. The van der Waals surface area contributed by atoms with E-state index in [0.717, 1.165) is 12.8 Å². The molecule has 1 amide bonds. The monoisotopic (exact) mass is 269 g/mol. The summed E-state index contributed by atoms with van der Waals surface area (Å²) in [5.41, 5.74) is -0.579. The van der Waals surface area contributed by atoms with E-state index in [9.17, 15) is 14.7 Å². The summed E-state index contributed by atoms with van der Waals surface area (Å²) in [6.07, 6.45) is 6.13. The van der Waals surface area contributed by atoms with Crippen molar-refractivity contribution in [2.75, 3.05) is 0 Å². The first-order valence-corrected chi connectivity index (χ1v) is 6.67. The van der Waals surface area contributed by atoms with Crippen LogP contribution in [0.3, 0.4) is 0 Å². The van der Waals surface area contributed by atoms with Crippen LogP contribution in [0, 0.1) is 5.92 Å². The molecule has 2 atom stereocenters. The van der Waals surface area contributed by atoms with Gasteiger partial charge in [-0.15, -0.1) is 0 Å². The van der Waals surface area contributed by atoms with Crippen LogP contribution in [0.2, 0.25) is 0 Å². The van der Waals surface area contributed by atoms with Crippen molar-refractivity contribution in [2.45, 2.75) is 58.1 Å². The largest absolute Gasteiger partial charge is 0.481 e. The minimum atomic E-state index is -0.864. The van der Waals surface area contributed by atoms with Crippen molar-refractivity contribution in [3.63, 3.8) is 0 Å². The second-order valence-corrected chi connectivity index (χ2v) is 5.82. The van der Waals surface area contributed by atoms with Crippen LogP contribution in [0.15, 0.2) is 12.2 Å². The molecule has 19 heavy (non-hydrogen) atoms. The average molecular weight is 269 g/mol. The second-order valence-electron chi connectivity index (χ2n) is 5.82. The van der Waals surface area contributed by atoms with Crippen LogP contribution in [0.1, 0.15) is 46.5 Å². The lowest BCUT2D eigenvalue weighted by Crippen LogP contribution is -2.45. The van der Waals surface area contributed by atoms with Crippen molar-refractivity contribution in [1.82, 2.24) is 5.32 Å². The summed E-state index contributed by atoms with van der Waals surface area (Å²) in [6.45, 7) is 5.34. The van der Waals surface area contributed by atoms with Gasteiger partial charge in [0, 0.05) is 6.04 Å². The molecule has 5 heteroatoms.